The average molecular weight is 376 g/mol. The third-order valence-electron chi connectivity index (χ3n) is 4.17. The van der Waals surface area contributed by atoms with E-state index in [1.54, 1.807) is 0 Å². The van der Waals surface area contributed by atoms with Crippen molar-refractivity contribution in [2.45, 2.75) is 46.0 Å². The molecule has 0 fully saturated rings. The molecule has 3 N–H and O–H groups in total. The molecule has 3 rings (SSSR count). The van der Waals surface area contributed by atoms with Crippen molar-refractivity contribution in [1.29, 1.82) is 0 Å². The monoisotopic (exact) mass is 375 g/mol. The number of hydrogen-bond donors (Lipinski definition) is 3. The first-order valence-electron chi connectivity index (χ1n) is 9.04. The molecule has 2 aromatic rings. The smallest absolute Gasteiger partial charge is 0.255 e. The number of carbonyl (C=O) groups excluding carboxylic acids is 1. The molecule has 5 nitrogen and oxygen atoms in total. The van der Waals surface area contributed by atoms with Crippen LogP contribution < -0.4 is 10.9 Å². The Morgan fingerprint density at radius 3 is 2.35 bits per heavy atom. The van der Waals surface area contributed by atoms with E-state index in [-0.39, 0.29) is 11.5 Å². The summed E-state index contributed by atoms with van der Waals surface area (Å²) in [6.45, 7) is 3.91. The lowest BCUT2D eigenvalue weighted by atomic mass is 9.97. The van der Waals surface area contributed by atoms with Gasteiger partial charge in [0.2, 0.25) is 0 Å². The van der Waals surface area contributed by atoms with E-state index >= 15 is 0 Å². The Hall–Kier alpha value is -2.21. The van der Waals surface area contributed by atoms with Gasteiger partial charge < -0.3 is 15.1 Å². The van der Waals surface area contributed by atoms with Gasteiger partial charge in [0.05, 0.1) is 0 Å². The van der Waals surface area contributed by atoms with Crippen molar-refractivity contribution in [3.05, 3.63) is 56.7 Å². The zero-order valence-electron chi connectivity index (χ0n) is 15.8. The molecule has 1 aromatic heterocycles. The van der Waals surface area contributed by atoms with E-state index in [4.69, 9.17) is 12.2 Å². The molecule has 0 aliphatic heterocycles. The van der Waals surface area contributed by atoms with E-state index in [2.05, 4.69) is 15.3 Å². The van der Waals surface area contributed by atoms with Crippen molar-refractivity contribution in [2.24, 2.45) is 5.92 Å². The first-order chi connectivity index (χ1) is 12.5. The van der Waals surface area contributed by atoms with Crippen LogP contribution in [0.5, 0.6) is 0 Å². The van der Waals surface area contributed by atoms with Crippen LogP contribution in [-0.4, -0.2) is 23.3 Å². The highest BCUT2D eigenvalue weighted by Gasteiger charge is 2.12. The van der Waals surface area contributed by atoms with Gasteiger partial charge in [-0.25, -0.2) is 0 Å². The first kappa shape index (κ1) is 21.8. The molecule has 0 bridgehead atoms. The molecule has 1 aromatic carbocycles. The van der Waals surface area contributed by atoms with Gasteiger partial charge in [-0.1, -0.05) is 32.0 Å². The average Bonchev–Trinajstić information content (AvgIpc) is 2.69. The van der Waals surface area contributed by atoms with Crippen LogP contribution in [-0.2, 0) is 17.6 Å². The predicted octanol–water partition coefficient (Wildman–Crippen LogP) is 4.27. The summed E-state index contributed by atoms with van der Waals surface area (Å²) >= 11 is 4.87. The molecule has 142 valence electrons. The van der Waals surface area contributed by atoms with Gasteiger partial charge in [-0.05, 0) is 56.5 Å². The second-order valence-corrected chi connectivity index (χ2v) is 6.62. The quantitative estimate of drug-likeness (QED) is 0.553. The minimum absolute atomic E-state index is 0.00606. The van der Waals surface area contributed by atoms with Crippen LogP contribution in [0.15, 0.2) is 35.1 Å². The maximum Gasteiger partial charge on any atom is 0.255 e. The number of rotatable bonds is 3. The Balaban J connectivity index is 0.000000211. The van der Waals surface area contributed by atoms with E-state index in [1.165, 1.54) is 0 Å². The van der Waals surface area contributed by atoms with Crippen molar-refractivity contribution >= 4 is 24.2 Å². The summed E-state index contributed by atoms with van der Waals surface area (Å²) in [5.74, 6) is 0.255. The van der Waals surface area contributed by atoms with Crippen LogP contribution in [0.1, 0.15) is 44.4 Å². The van der Waals surface area contributed by atoms with E-state index in [9.17, 15) is 9.59 Å². The molecule has 0 radical (unpaired) electrons. The zero-order valence-corrected chi connectivity index (χ0v) is 16.6. The Bertz CT molecular complexity index is 769. The van der Waals surface area contributed by atoms with E-state index in [1.807, 2.05) is 51.2 Å². The van der Waals surface area contributed by atoms with Gasteiger partial charge in [0, 0.05) is 29.9 Å². The maximum atomic E-state index is 11.3. The maximum absolute atomic E-state index is 11.3. The number of H-pyrrole nitrogens is 2. The molecule has 1 aliphatic rings. The second-order valence-electron chi connectivity index (χ2n) is 6.21. The minimum atomic E-state index is -0.00606. The Morgan fingerprint density at radius 2 is 1.85 bits per heavy atom. The Kier molecular flexibility index (Phi) is 10.2. The fraction of sp³-hybridized carbons (Fsp3) is 0.450. The fourth-order valence-corrected chi connectivity index (χ4v) is 2.56. The molecular formula is C20H29N3O2S. The summed E-state index contributed by atoms with van der Waals surface area (Å²) in [7, 11) is 1.91. The van der Waals surface area contributed by atoms with Gasteiger partial charge in [-0.3, -0.25) is 9.78 Å². The van der Waals surface area contributed by atoms with Crippen molar-refractivity contribution in [3.63, 3.8) is 0 Å². The molecule has 0 amide bonds. The lowest BCUT2D eigenvalue weighted by Gasteiger charge is -2.13. The highest BCUT2D eigenvalue weighted by Crippen LogP contribution is 2.14. The normalized spacial score (nSPS) is 13.0. The van der Waals surface area contributed by atoms with Crippen LogP contribution in [0.2, 0.25) is 0 Å². The molecule has 26 heavy (non-hydrogen) atoms. The molecule has 0 saturated carbocycles. The summed E-state index contributed by atoms with van der Waals surface area (Å²) in [5.41, 5.74) is 3.09. The van der Waals surface area contributed by atoms with Crippen molar-refractivity contribution < 1.29 is 4.79 Å². The highest BCUT2D eigenvalue weighted by atomic mass is 32.1. The minimum Gasteiger partial charge on any atom is -0.388 e. The van der Waals surface area contributed by atoms with Gasteiger partial charge in [0.25, 0.3) is 5.56 Å². The molecular weight excluding hydrogens is 346 g/mol. The number of hydrogen-bond acceptors (Lipinski definition) is 4. The summed E-state index contributed by atoms with van der Waals surface area (Å²) in [6.07, 6.45) is 6.05. The molecule has 0 saturated heterocycles. The fourth-order valence-electron chi connectivity index (χ4n) is 2.34. The number of aldehydes is 1. The van der Waals surface area contributed by atoms with Crippen molar-refractivity contribution in [3.8, 4) is 0 Å². The van der Waals surface area contributed by atoms with Crippen LogP contribution >= 0.6 is 12.2 Å². The molecule has 6 heteroatoms. The van der Waals surface area contributed by atoms with E-state index in [0.29, 0.717) is 4.77 Å². The second kappa shape index (κ2) is 12.2. The van der Waals surface area contributed by atoms with Gasteiger partial charge >= 0.3 is 0 Å². The zero-order chi connectivity index (χ0) is 19.4. The molecule has 1 heterocycles. The highest BCUT2D eigenvalue weighted by molar-refractivity contribution is 7.71. The summed E-state index contributed by atoms with van der Waals surface area (Å²) in [4.78, 5) is 26.7. The Labute approximate surface area is 160 Å². The topological polar surface area (TPSA) is 77.8 Å². The van der Waals surface area contributed by atoms with Crippen LogP contribution in [0.25, 0.3) is 0 Å². The van der Waals surface area contributed by atoms with Crippen LogP contribution in [0.3, 0.4) is 0 Å². The number of aromatic amines is 2. The van der Waals surface area contributed by atoms with Gasteiger partial charge in [-0.15, -0.1) is 0 Å². The standard InChI is InChI=1S/C8H10N2OS.C7H9N.C5H10O/c11-7-5-3-1-2-4-6(5)9-8(12)10-7;1-8-7-5-3-2-4-6-7;1-3-5(2)4-6/h1-4H2,(H2,9,10,11,12);2-6,8H,1H3;4-5H,3H2,1-2H3. The largest absolute Gasteiger partial charge is 0.388 e. The van der Waals surface area contributed by atoms with Crippen LogP contribution in [0.4, 0.5) is 5.69 Å². The molecule has 0 spiro atoms. The predicted molar refractivity (Wildman–Crippen MR) is 110 cm³/mol. The lowest BCUT2D eigenvalue weighted by molar-refractivity contribution is -0.110. The van der Waals surface area contributed by atoms with Gasteiger partial charge in [0.15, 0.2) is 4.77 Å². The van der Waals surface area contributed by atoms with Crippen molar-refractivity contribution in [1.82, 2.24) is 9.97 Å². The number of nitrogens with one attached hydrogen (secondary N) is 3. The lowest BCUT2D eigenvalue weighted by Crippen LogP contribution is -2.20. The third kappa shape index (κ3) is 7.78. The van der Waals surface area contributed by atoms with Crippen molar-refractivity contribution in [2.75, 3.05) is 12.4 Å². The number of aryl methyl sites for hydroxylation is 1. The number of aromatic nitrogens is 2. The Morgan fingerprint density at radius 1 is 1.19 bits per heavy atom. The van der Waals surface area contributed by atoms with Gasteiger partial charge in [-0.2, -0.15) is 0 Å². The molecule has 1 atom stereocenters. The molecule has 1 aliphatic carbocycles. The van der Waals surface area contributed by atoms with Gasteiger partial charge in [0.1, 0.15) is 6.29 Å². The summed E-state index contributed by atoms with van der Waals surface area (Å²) in [5, 5.41) is 3.03. The summed E-state index contributed by atoms with van der Waals surface area (Å²) < 4.78 is 0.445. The molecule has 1 unspecified atom stereocenters. The number of carbonyl (C=O) groups is 1. The van der Waals surface area contributed by atoms with E-state index in [0.717, 1.165) is 55.3 Å². The third-order valence-corrected chi connectivity index (χ3v) is 4.38. The number of benzene rings is 1. The SMILES string of the molecule is CCC(C)C=O.CNc1ccccc1.O=c1[nH]c(=S)[nH]c2c1CCCC2. The number of anilines is 1. The number of fused-ring (bicyclic) bond motifs is 1. The summed E-state index contributed by atoms with van der Waals surface area (Å²) in [6, 6.07) is 10.1. The van der Waals surface area contributed by atoms with E-state index < -0.39 is 0 Å². The van der Waals surface area contributed by atoms with Crippen LogP contribution in [0, 0.1) is 10.7 Å². The first-order valence-corrected chi connectivity index (χ1v) is 9.45. The number of para-hydroxylation sites is 1.